The molecule has 5 heteroatoms. The third-order valence-electron chi connectivity index (χ3n) is 4.96. The van der Waals surface area contributed by atoms with E-state index in [4.69, 9.17) is 6.42 Å². The normalized spacial score (nSPS) is 21.2. The fourth-order valence-electron chi connectivity index (χ4n) is 3.66. The van der Waals surface area contributed by atoms with Gasteiger partial charge in [-0.3, -0.25) is 13.9 Å². The molecule has 0 amide bonds. The highest BCUT2D eigenvalue weighted by Gasteiger charge is 2.31. The maximum atomic E-state index is 12.6. The fourth-order valence-corrected chi connectivity index (χ4v) is 3.66. The Bertz CT molecular complexity index is 853. The second-order valence-electron chi connectivity index (χ2n) is 6.29. The topological polar surface area (TPSA) is 64.2 Å². The van der Waals surface area contributed by atoms with Crippen LogP contribution in [0.3, 0.4) is 0 Å². The van der Waals surface area contributed by atoms with Crippen LogP contribution < -0.4 is 5.69 Å². The van der Waals surface area contributed by atoms with Gasteiger partial charge < -0.3 is 5.11 Å². The molecule has 0 radical (unpaired) electrons. The van der Waals surface area contributed by atoms with Crippen molar-refractivity contribution >= 4 is 17.0 Å². The average Bonchev–Trinajstić information content (AvgIpc) is 2.79. The van der Waals surface area contributed by atoms with Crippen LogP contribution in [0.25, 0.3) is 11.0 Å². The molecule has 0 aliphatic heterocycles. The minimum atomic E-state index is -0.757. The Hall–Kier alpha value is -2.48. The van der Waals surface area contributed by atoms with Crippen molar-refractivity contribution in [2.24, 2.45) is 18.9 Å². The van der Waals surface area contributed by atoms with Gasteiger partial charge in [0, 0.05) is 19.2 Å². The molecule has 1 aliphatic carbocycles. The van der Waals surface area contributed by atoms with Crippen LogP contribution in [-0.2, 0) is 18.4 Å². The first-order chi connectivity index (χ1) is 11.0. The zero-order valence-corrected chi connectivity index (χ0v) is 13.2. The molecule has 1 aromatic heterocycles. The fraction of sp³-hybridized carbons (Fsp3) is 0.444. The van der Waals surface area contributed by atoms with Gasteiger partial charge in [-0.15, -0.1) is 6.42 Å². The van der Waals surface area contributed by atoms with Gasteiger partial charge in [0.05, 0.1) is 17.0 Å². The monoisotopic (exact) mass is 312 g/mol. The maximum absolute atomic E-state index is 12.6. The van der Waals surface area contributed by atoms with E-state index >= 15 is 0 Å². The van der Waals surface area contributed by atoms with Crippen LogP contribution in [0.4, 0.5) is 0 Å². The summed E-state index contributed by atoms with van der Waals surface area (Å²) in [5.74, 6) is 1.44. The summed E-state index contributed by atoms with van der Waals surface area (Å²) in [6.07, 6.45) is 8.95. The first-order valence-corrected chi connectivity index (χ1v) is 7.91. The van der Waals surface area contributed by atoms with Gasteiger partial charge in [-0.05, 0) is 37.0 Å². The molecule has 3 rings (SSSR count). The summed E-state index contributed by atoms with van der Waals surface area (Å²) in [4.78, 5) is 24.1. The van der Waals surface area contributed by atoms with Crippen molar-refractivity contribution in [3.63, 3.8) is 0 Å². The Kier molecular flexibility index (Phi) is 3.99. The lowest BCUT2D eigenvalue weighted by Gasteiger charge is -2.28. The van der Waals surface area contributed by atoms with Crippen LogP contribution in [0, 0.1) is 24.2 Å². The molecule has 0 bridgehead atoms. The number of hydrogen-bond acceptors (Lipinski definition) is 2. The molecular formula is C18H20N2O3. The second-order valence-corrected chi connectivity index (χ2v) is 6.29. The minimum Gasteiger partial charge on any atom is -0.481 e. The number of terminal acetylenes is 1. The lowest BCUT2D eigenvalue weighted by molar-refractivity contribution is -0.145. The quantitative estimate of drug-likeness (QED) is 0.884. The smallest absolute Gasteiger partial charge is 0.328 e. The Morgan fingerprint density at radius 1 is 1.35 bits per heavy atom. The molecule has 0 saturated heterocycles. The number of hydrogen-bond donors (Lipinski definition) is 1. The zero-order valence-electron chi connectivity index (χ0n) is 13.2. The largest absolute Gasteiger partial charge is 0.481 e. The van der Waals surface area contributed by atoms with Gasteiger partial charge in [0.1, 0.15) is 0 Å². The number of carboxylic acid groups (broad SMARTS) is 1. The first kappa shape index (κ1) is 15.4. The average molecular weight is 312 g/mol. The summed E-state index contributed by atoms with van der Waals surface area (Å²) in [7, 11) is 1.73. The number of carbonyl (C=O) groups is 1. The maximum Gasteiger partial charge on any atom is 0.328 e. The van der Waals surface area contributed by atoms with E-state index in [2.05, 4.69) is 5.92 Å². The summed E-state index contributed by atoms with van der Waals surface area (Å²) in [6, 6.07) is 5.49. The predicted molar refractivity (Wildman–Crippen MR) is 88.2 cm³/mol. The highest BCUT2D eigenvalue weighted by molar-refractivity contribution is 5.78. The number of benzene rings is 1. The van der Waals surface area contributed by atoms with E-state index in [1.165, 1.54) is 0 Å². The van der Waals surface area contributed by atoms with Crippen molar-refractivity contribution in [3.05, 3.63) is 34.2 Å². The van der Waals surface area contributed by atoms with E-state index in [0.717, 1.165) is 35.9 Å². The van der Waals surface area contributed by atoms with Crippen molar-refractivity contribution in [2.45, 2.75) is 32.2 Å². The Labute approximate surface area is 134 Å². The van der Waals surface area contributed by atoms with Gasteiger partial charge in [-0.1, -0.05) is 18.8 Å². The predicted octanol–water partition coefficient (Wildman–Crippen LogP) is 2.21. The number of fused-ring (bicyclic) bond motifs is 1. The van der Waals surface area contributed by atoms with Crippen LogP contribution in [-0.4, -0.2) is 20.2 Å². The van der Waals surface area contributed by atoms with Crippen LogP contribution in [0.1, 0.15) is 31.2 Å². The molecular weight excluding hydrogens is 292 g/mol. The zero-order chi connectivity index (χ0) is 16.6. The number of nitrogens with zero attached hydrogens (tertiary/aromatic N) is 2. The number of carboxylic acids is 1. The Morgan fingerprint density at radius 2 is 2.09 bits per heavy atom. The van der Waals surface area contributed by atoms with E-state index in [0.29, 0.717) is 13.0 Å². The molecule has 0 spiro atoms. The summed E-state index contributed by atoms with van der Waals surface area (Å²) < 4.78 is 3.27. The molecule has 2 unspecified atom stereocenters. The second kappa shape index (κ2) is 5.96. The van der Waals surface area contributed by atoms with Gasteiger partial charge in [-0.25, -0.2) is 4.79 Å². The SMILES string of the molecule is C#Cc1ccc2c(c1)n(CC1CCCCC1C(=O)O)c(=O)n2C. The molecule has 1 fully saturated rings. The standard InChI is InChI=1S/C18H20N2O3/c1-3-12-8-9-15-16(10-12)20(18(23)19(15)2)11-13-6-4-5-7-14(13)17(21)22/h1,8-10,13-14H,4-7,11H2,2H3,(H,21,22). The van der Waals surface area contributed by atoms with Gasteiger partial charge >= 0.3 is 11.7 Å². The molecule has 1 N–H and O–H groups in total. The van der Waals surface area contributed by atoms with Gasteiger partial charge in [0.25, 0.3) is 0 Å². The van der Waals surface area contributed by atoms with Crippen LogP contribution >= 0.6 is 0 Å². The number of aryl methyl sites for hydroxylation is 1. The molecule has 1 aliphatic rings. The van der Waals surface area contributed by atoms with E-state index in [-0.39, 0.29) is 17.5 Å². The van der Waals surface area contributed by atoms with Gasteiger partial charge in [0.15, 0.2) is 0 Å². The number of aromatic nitrogens is 2. The highest BCUT2D eigenvalue weighted by atomic mass is 16.4. The molecule has 5 nitrogen and oxygen atoms in total. The molecule has 1 aromatic carbocycles. The first-order valence-electron chi connectivity index (χ1n) is 7.91. The molecule has 1 saturated carbocycles. The van der Waals surface area contributed by atoms with Crippen molar-refractivity contribution in [3.8, 4) is 12.3 Å². The molecule has 23 heavy (non-hydrogen) atoms. The lowest BCUT2D eigenvalue weighted by Crippen LogP contribution is -2.33. The molecule has 2 aromatic rings. The summed E-state index contributed by atoms with van der Waals surface area (Å²) in [6.45, 7) is 0.432. The van der Waals surface area contributed by atoms with Crippen molar-refractivity contribution in [2.75, 3.05) is 0 Å². The Balaban J connectivity index is 2.05. The van der Waals surface area contributed by atoms with E-state index in [9.17, 15) is 14.7 Å². The van der Waals surface area contributed by atoms with Crippen molar-refractivity contribution in [1.82, 2.24) is 9.13 Å². The third-order valence-corrected chi connectivity index (χ3v) is 4.96. The van der Waals surface area contributed by atoms with Gasteiger partial charge in [-0.2, -0.15) is 0 Å². The summed E-state index contributed by atoms with van der Waals surface area (Å²) in [5, 5.41) is 9.44. The number of rotatable bonds is 3. The third kappa shape index (κ3) is 2.65. The van der Waals surface area contributed by atoms with Crippen LogP contribution in [0.2, 0.25) is 0 Å². The van der Waals surface area contributed by atoms with Crippen LogP contribution in [0.5, 0.6) is 0 Å². The number of aliphatic carboxylic acids is 1. The minimum absolute atomic E-state index is 0.0148. The van der Waals surface area contributed by atoms with E-state index < -0.39 is 5.97 Å². The summed E-state index contributed by atoms with van der Waals surface area (Å²) >= 11 is 0. The van der Waals surface area contributed by atoms with Crippen molar-refractivity contribution < 1.29 is 9.90 Å². The molecule has 1 heterocycles. The molecule has 120 valence electrons. The van der Waals surface area contributed by atoms with Crippen LogP contribution in [0.15, 0.2) is 23.0 Å². The van der Waals surface area contributed by atoms with E-state index in [1.54, 1.807) is 16.2 Å². The van der Waals surface area contributed by atoms with E-state index in [1.807, 2.05) is 18.2 Å². The summed E-state index contributed by atoms with van der Waals surface area (Å²) in [5.41, 5.74) is 2.19. The number of imidazole rings is 1. The van der Waals surface area contributed by atoms with Crippen molar-refractivity contribution in [1.29, 1.82) is 0 Å². The lowest BCUT2D eigenvalue weighted by atomic mass is 9.79. The highest BCUT2D eigenvalue weighted by Crippen LogP contribution is 2.32. The van der Waals surface area contributed by atoms with Gasteiger partial charge in [0.2, 0.25) is 0 Å². The Morgan fingerprint density at radius 3 is 2.78 bits per heavy atom. The molecule has 2 atom stereocenters.